The van der Waals surface area contributed by atoms with Gasteiger partial charge in [-0.15, -0.1) is 0 Å². The van der Waals surface area contributed by atoms with Gasteiger partial charge in [0.05, 0.1) is 17.9 Å². The molecule has 0 unspecified atom stereocenters. The van der Waals surface area contributed by atoms with Gasteiger partial charge in [0.2, 0.25) is 0 Å². The Bertz CT molecular complexity index is 513. The zero-order chi connectivity index (χ0) is 12.1. The maximum absolute atomic E-state index is 11.8. The molecule has 0 saturated heterocycles. The van der Waals surface area contributed by atoms with Crippen molar-refractivity contribution in [1.29, 1.82) is 0 Å². The zero-order valence-corrected chi connectivity index (χ0v) is 9.13. The number of nitrogens with one attached hydrogen (secondary N) is 1. The monoisotopic (exact) mass is 228 g/mol. The summed E-state index contributed by atoms with van der Waals surface area (Å²) in [4.78, 5) is 19.8. The van der Waals surface area contributed by atoms with Crippen LogP contribution in [0.3, 0.4) is 0 Å². The van der Waals surface area contributed by atoms with Crippen molar-refractivity contribution in [2.75, 3.05) is 5.73 Å². The number of aromatic nitrogens is 2. The van der Waals surface area contributed by atoms with Gasteiger partial charge in [0, 0.05) is 12.4 Å². The van der Waals surface area contributed by atoms with E-state index in [0.717, 1.165) is 5.69 Å². The normalized spacial score (nSPS) is 9.88. The van der Waals surface area contributed by atoms with E-state index in [0.29, 0.717) is 12.2 Å². The Morgan fingerprint density at radius 2 is 2.00 bits per heavy atom. The van der Waals surface area contributed by atoms with Gasteiger partial charge in [0.15, 0.2) is 5.69 Å². The standard InChI is InChI=1S/C12H12N4O/c13-10-5-3-7-15-11(10)12(17)16-8-9-4-1-2-6-14-9/h1-7H,8,13H2,(H,16,17). The van der Waals surface area contributed by atoms with E-state index in [1.54, 1.807) is 18.3 Å². The number of nitrogen functional groups attached to an aromatic ring is 1. The van der Waals surface area contributed by atoms with Crippen LogP contribution in [0.4, 0.5) is 5.69 Å². The number of carbonyl (C=O) groups excluding carboxylic acids is 1. The molecule has 0 saturated carbocycles. The molecule has 0 aromatic carbocycles. The Morgan fingerprint density at radius 3 is 2.71 bits per heavy atom. The summed E-state index contributed by atoms with van der Waals surface area (Å²) in [5, 5.41) is 2.71. The molecule has 0 aliphatic carbocycles. The van der Waals surface area contributed by atoms with Crippen LogP contribution in [-0.2, 0) is 6.54 Å². The lowest BCUT2D eigenvalue weighted by atomic mass is 10.3. The van der Waals surface area contributed by atoms with Crippen LogP contribution in [0.1, 0.15) is 16.2 Å². The molecular weight excluding hydrogens is 216 g/mol. The van der Waals surface area contributed by atoms with E-state index in [9.17, 15) is 4.79 Å². The highest BCUT2D eigenvalue weighted by Crippen LogP contribution is 2.06. The van der Waals surface area contributed by atoms with Gasteiger partial charge in [-0.25, -0.2) is 4.98 Å². The molecule has 0 atom stereocenters. The van der Waals surface area contributed by atoms with E-state index in [-0.39, 0.29) is 11.6 Å². The van der Waals surface area contributed by atoms with E-state index >= 15 is 0 Å². The van der Waals surface area contributed by atoms with Crippen LogP contribution in [0.5, 0.6) is 0 Å². The second-order valence-electron chi connectivity index (χ2n) is 3.44. The smallest absolute Gasteiger partial charge is 0.272 e. The van der Waals surface area contributed by atoms with Crippen molar-refractivity contribution in [1.82, 2.24) is 15.3 Å². The van der Waals surface area contributed by atoms with Crippen molar-refractivity contribution in [2.45, 2.75) is 6.54 Å². The number of amides is 1. The Balaban J connectivity index is 2.01. The van der Waals surface area contributed by atoms with Crippen LogP contribution >= 0.6 is 0 Å². The number of nitrogens with zero attached hydrogens (tertiary/aromatic N) is 2. The molecule has 5 heteroatoms. The SMILES string of the molecule is Nc1cccnc1C(=O)NCc1ccccn1. The molecule has 17 heavy (non-hydrogen) atoms. The first-order valence-electron chi connectivity index (χ1n) is 5.16. The van der Waals surface area contributed by atoms with E-state index in [4.69, 9.17) is 5.73 Å². The van der Waals surface area contributed by atoms with Crippen molar-refractivity contribution < 1.29 is 4.79 Å². The number of anilines is 1. The molecule has 0 fully saturated rings. The van der Waals surface area contributed by atoms with Gasteiger partial charge in [-0.2, -0.15) is 0 Å². The van der Waals surface area contributed by atoms with Crippen molar-refractivity contribution >= 4 is 11.6 Å². The summed E-state index contributed by atoms with van der Waals surface area (Å²) in [7, 11) is 0. The Hall–Kier alpha value is -2.43. The number of hydrogen-bond donors (Lipinski definition) is 2. The zero-order valence-electron chi connectivity index (χ0n) is 9.13. The van der Waals surface area contributed by atoms with Gasteiger partial charge in [-0.05, 0) is 24.3 Å². The molecule has 86 valence electrons. The number of carbonyl (C=O) groups is 1. The molecule has 0 radical (unpaired) electrons. The molecule has 0 aliphatic rings. The highest BCUT2D eigenvalue weighted by molar-refractivity contribution is 5.96. The van der Waals surface area contributed by atoms with Crippen LogP contribution in [-0.4, -0.2) is 15.9 Å². The third-order valence-electron chi connectivity index (χ3n) is 2.21. The van der Waals surface area contributed by atoms with Crippen molar-refractivity contribution in [3.8, 4) is 0 Å². The summed E-state index contributed by atoms with van der Waals surface area (Å²) in [5.41, 5.74) is 7.04. The van der Waals surface area contributed by atoms with Crippen molar-refractivity contribution in [3.05, 3.63) is 54.1 Å². The fourth-order valence-electron chi connectivity index (χ4n) is 1.36. The Kier molecular flexibility index (Phi) is 3.30. The number of rotatable bonds is 3. The first-order chi connectivity index (χ1) is 8.27. The lowest BCUT2D eigenvalue weighted by molar-refractivity contribution is 0.0946. The van der Waals surface area contributed by atoms with Gasteiger partial charge < -0.3 is 11.1 Å². The molecule has 1 amide bonds. The molecule has 0 spiro atoms. The van der Waals surface area contributed by atoms with Crippen LogP contribution < -0.4 is 11.1 Å². The minimum atomic E-state index is -0.297. The van der Waals surface area contributed by atoms with E-state index in [1.807, 2.05) is 18.2 Å². The first kappa shape index (κ1) is 11.1. The predicted molar refractivity (Wildman–Crippen MR) is 64.1 cm³/mol. The first-order valence-corrected chi connectivity index (χ1v) is 5.16. The summed E-state index contributed by atoms with van der Waals surface area (Å²) in [5.74, 6) is -0.297. The Labute approximate surface area is 98.7 Å². The van der Waals surface area contributed by atoms with E-state index < -0.39 is 0 Å². The minimum absolute atomic E-state index is 0.239. The summed E-state index contributed by atoms with van der Waals surface area (Å²) in [6.07, 6.45) is 3.21. The van der Waals surface area contributed by atoms with Crippen LogP contribution in [0.15, 0.2) is 42.7 Å². The van der Waals surface area contributed by atoms with Gasteiger partial charge in [-0.3, -0.25) is 9.78 Å². The van der Waals surface area contributed by atoms with E-state index in [2.05, 4.69) is 15.3 Å². The quantitative estimate of drug-likeness (QED) is 0.820. The fraction of sp³-hybridized carbons (Fsp3) is 0.0833. The average molecular weight is 228 g/mol. The molecule has 3 N–H and O–H groups in total. The molecule has 2 aromatic rings. The second-order valence-corrected chi connectivity index (χ2v) is 3.44. The molecule has 2 rings (SSSR count). The van der Waals surface area contributed by atoms with Crippen LogP contribution in [0.25, 0.3) is 0 Å². The maximum atomic E-state index is 11.8. The highest BCUT2D eigenvalue weighted by atomic mass is 16.1. The lowest BCUT2D eigenvalue weighted by Gasteiger charge is -2.05. The summed E-state index contributed by atoms with van der Waals surface area (Å²) >= 11 is 0. The summed E-state index contributed by atoms with van der Waals surface area (Å²) < 4.78 is 0. The second kappa shape index (κ2) is 5.07. The predicted octanol–water partition coefficient (Wildman–Crippen LogP) is 0.989. The van der Waals surface area contributed by atoms with Gasteiger partial charge >= 0.3 is 0 Å². The molecule has 0 aliphatic heterocycles. The minimum Gasteiger partial charge on any atom is -0.397 e. The highest BCUT2D eigenvalue weighted by Gasteiger charge is 2.09. The maximum Gasteiger partial charge on any atom is 0.272 e. The topological polar surface area (TPSA) is 80.9 Å². The molecule has 0 bridgehead atoms. The van der Waals surface area contributed by atoms with Gasteiger partial charge in [0.1, 0.15) is 0 Å². The van der Waals surface area contributed by atoms with Gasteiger partial charge in [0.25, 0.3) is 5.91 Å². The number of pyridine rings is 2. The summed E-state index contributed by atoms with van der Waals surface area (Å²) in [6, 6.07) is 8.85. The number of nitrogens with two attached hydrogens (primary N) is 1. The molecule has 5 nitrogen and oxygen atoms in total. The summed E-state index contributed by atoms with van der Waals surface area (Å²) in [6.45, 7) is 0.357. The number of hydrogen-bond acceptors (Lipinski definition) is 4. The molecular formula is C12H12N4O. The van der Waals surface area contributed by atoms with Gasteiger partial charge in [-0.1, -0.05) is 6.07 Å². The van der Waals surface area contributed by atoms with Crippen molar-refractivity contribution in [2.24, 2.45) is 0 Å². The molecule has 2 aromatic heterocycles. The largest absolute Gasteiger partial charge is 0.397 e. The van der Waals surface area contributed by atoms with E-state index in [1.165, 1.54) is 6.20 Å². The third kappa shape index (κ3) is 2.78. The average Bonchev–Trinajstić information content (AvgIpc) is 2.38. The van der Waals surface area contributed by atoms with Crippen LogP contribution in [0.2, 0.25) is 0 Å². The van der Waals surface area contributed by atoms with Crippen LogP contribution in [0, 0.1) is 0 Å². The molecule has 2 heterocycles. The third-order valence-corrected chi connectivity index (χ3v) is 2.21. The fourth-order valence-corrected chi connectivity index (χ4v) is 1.36. The Morgan fingerprint density at radius 1 is 1.18 bits per heavy atom. The van der Waals surface area contributed by atoms with Crippen molar-refractivity contribution in [3.63, 3.8) is 0 Å². The lowest BCUT2D eigenvalue weighted by Crippen LogP contribution is -2.25.